The van der Waals surface area contributed by atoms with E-state index in [0.29, 0.717) is 5.92 Å². The van der Waals surface area contributed by atoms with Crippen LogP contribution in [0.15, 0.2) is 121 Å². The van der Waals surface area contributed by atoms with Crippen molar-refractivity contribution in [3.05, 3.63) is 144 Å². The molecule has 36 heavy (non-hydrogen) atoms. The average molecular weight is 465 g/mol. The van der Waals surface area contributed by atoms with Gasteiger partial charge in [0.25, 0.3) is 0 Å². The van der Waals surface area contributed by atoms with Crippen LogP contribution in [0, 0.1) is 0 Å². The highest BCUT2D eigenvalue weighted by Gasteiger charge is 2.13. The van der Waals surface area contributed by atoms with Gasteiger partial charge in [0.1, 0.15) is 0 Å². The molecule has 1 unspecified atom stereocenters. The summed E-state index contributed by atoms with van der Waals surface area (Å²) in [5.74, 6) is 0.441. The van der Waals surface area contributed by atoms with Crippen LogP contribution in [0.5, 0.6) is 0 Å². The third kappa shape index (κ3) is 4.40. The second-order valence-electron chi connectivity index (χ2n) is 10.0. The molecule has 0 fully saturated rings. The van der Waals surface area contributed by atoms with E-state index < -0.39 is 0 Å². The Morgan fingerprint density at radius 3 is 2.00 bits per heavy atom. The number of rotatable bonds is 2. The van der Waals surface area contributed by atoms with Crippen molar-refractivity contribution in [1.29, 1.82) is 0 Å². The summed E-state index contributed by atoms with van der Waals surface area (Å²) in [6, 6.07) is 43.9. The van der Waals surface area contributed by atoms with Crippen molar-refractivity contribution in [2.24, 2.45) is 0 Å². The lowest BCUT2D eigenvalue weighted by Gasteiger charge is -2.18. The van der Waals surface area contributed by atoms with Crippen molar-refractivity contribution < 1.29 is 0 Å². The molecule has 1 atom stereocenters. The van der Waals surface area contributed by atoms with Crippen molar-refractivity contribution >= 4 is 32.3 Å². The normalized spacial score (nSPS) is 13.7. The quantitative estimate of drug-likeness (QED) is 0.224. The van der Waals surface area contributed by atoms with Crippen LogP contribution in [0.25, 0.3) is 32.3 Å². The molecule has 0 bridgehead atoms. The van der Waals surface area contributed by atoms with Crippen LogP contribution in [-0.4, -0.2) is 0 Å². The Morgan fingerprint density at radius 1 is 0.472 bits per heavy atom. The van der Waals surface area contributed by atoms with Crippen molar-refractivity contribution in [3.8, 4) is 0 Å². The van der Waals surface area contributed by atoms with Gasteiger partial charge in [0, 0.05) is 5.92 Å². The fourth-order valence-corrected chi connectivity index (χ4v) is 5.75. The van der Waals surface area contributed by atoms with Gasteiger partial charge in [-0.3, -0.25) is 0 Å². The summed E-state index contributed by atoms with van der Waals surface area (Å²) < 4.78 is 0. The molecule has 176 valence electrons. The average Bonchev–Trinajstić information content (AvgIpc) is 2.97. The summed E-state index contributed by atoms with van der Waals surface area (Å²) in [6.45, 7) is 2.26. The summed E-state index contributed by atoms with van der Waals surface area (Å²) in [5.41, 5.74) is 5.92. The molecule has 6 aromatic rings. The van der Waals surface area contributed by atoms with E-state index in [1.54, 1.807) is 11.1 Å². The maximum atomic E-state index is 2.35. The van der Waals surface area contributed by atoms with Crippen molar-refractivity contribution in [2.45, 2.75) is 38.5 Å². The molecular weight excluding hydrogens is 432 g/mol. The molecule has 1 aliphatic carbocycles. The van der Waals surface area contributed by atoms with Gasteiger partial charge in [0.05, 0.1) is 0 Å². The van der Waals surface area contributed by atoms with E-state index in [1.165, 1.54) is 69.1 Å². The van der Waals surface area contributed by atoms with Crippen molar-refractivity contribution in [2.75, 3.05) is 0 Å². The highest BCUT2D eigenvalue weighted by Crippen LogP contribution is 2.33. The van der Waals surface area contributed by atoms with E-state index in [2.05, 4.69) is 128 Å². The van der Waals surface area contributed by atoms with Crippen molar-refractivity contribution in [3.63, 3.8) is 0 Å². The molecule has 0 amide bonds. The first kappa shape index (κ1) is 22.6. The fraction of sp³-hybridized carbons (Fsp3) is 0.167. The summed E-state index contributed by atoms with van der Waals surface area (Å²) in [4.78, 5) is 0. The second-order valence-corrected chi connectivity index (χ2v) is 10.0. The molecular formula is C36H32. The van der Waals surface area contributed by atoms with Gasteiger partial charge in [-0.25, -0.2) is 0 Å². The van der Waals surface area contributed by atoms with Crippen LogP contribution >= 0.6 is 0 Å². The minimum atomic E-state index is 0.441. The number of fused-ring (bicyclic) bond motifs is 6. The third-order valence-electron chi connectivity index (χ3n) is 7.83. The fourth-order valence-electron chi connectivity index (χ4n) is 5.75. The predicted molar refractivity (Wildman–Crippen MR) is 156 cm³/mol. The molecule has 0 N–H and O–H groups in total. The van der Waals surface area contributed by atoms with Gasteiger partial charge in [-0.15, -0.1) is 0 Å². The van der Waals surface area contributed by atoms with Crippen LogP contribution in [0.3, 0.4) is 0 Å². The molecule has 0 aliphatic heterocycles. The minimum absolute atomic E-state index is 0.441. The summed E-state index contributed by atoms with van der Waals surface area (Å²) in [6.07, 6.45) is 5.22. The first-order valence-corrected chi connectivity index (χ1v) is 13.2. The lowest BCUT2D eigenvalue weighted by Crippen LogP contribution is -2.02. The Hall–Kier alpha value is -3.90. The van der Waals surface area contributed by atoms with E-state index in [0.717, 1.165) is 0 Å². The van der Waals surface area contributed by atoms with Crippen LogP contribution < -0.4 is 0 Å². The Kier molecular flexibility index (Phi) is 6.26. The lowest BCUT2D eigenvalue weighted by atomic mass is 9.86. The lowest BCUT2D eigenvalue weighted by molar-refractivity contribution is 0.690. The topological polar surface area (TPSA) is 0 Å². The zero-order chi connectivity index (χ0) is 24.3. The molecule has 0 saturated carbocycles. The Labute approximate surface area is 214 Å². The molecule has 0 radical (unpaired) electrons. The summed E-state index contributed by atoms with van der Waals surface area (Å²) in [7, 11) is 0. The number of hydrogen-bond donors (Lipinski definition) is 0. The zero-order valence-electron chi connectivity index (χ0n) is 21.0. The van der Waals surface area contributed by atoms with Gasteiger partial charge < -0.3 is 0 Å². The van der Waals surface area contributed by atoms with Crippen molar-refractivity contribution in [1.82, 2.24) is 0 Å². The maximum Gasteiger partial charge on any atom is 0.00612 e. The van der Waals surface area contributed by atoms with Gasteiger partial charge in [-0.05, 0) is 80.3 Å². The predicted octanol–water partition coefficient (Wildman–Crippen LogP) is 9.86. The van der Waals surface area contributed by atoms with Gasteiger partial charge in [-0.2, -0.15) is 0 Å². The standard InChI is InChI=1S/2C18H16/c1-3-7-15-13(5-1)9-11-18-16-8-4-2-6-14(16)10-12-17(15)18;1-14(15-7-3-2-4-8-15)17-12-11-16-9-5-6-10-18(16)13-17/h1,3,5,7,9-12H,2,4,6,8H2;2-14H,1H3. The van der Waals surface area contributed by atoms with E-state index >= 15 is 0 Å². The Balaban J connectivity index is 0.000000133. The monoisotopic (exact) mass is 464 g/mol. The van der Waals surface area contributed by atoms with Crippen LogP contribution in [0.4, 0.5) is 0 Å². The zero-order valence-corrected chi connectivity index (χ0v) is 21.0. The second kappa shape index (κ2) is 9.99. The van der Waals surface area contributed by atoms with Gasteiger partial charge in [0.2, 0.25) is 0 Å². The molecule has 0 heteroatoms. The maximum absolute atomic E-state index is 2.35. The number of hydrogen-bond acceptors (Lipinski definition) is 0. The highest BCUT2D eigenvalue weighted by molar-refractivity contribution is 6.08. The molecule has 0 heterocycles. The van der Waals surface area contributed by atoms with Crippen LogP contribution in [0.2, 0.25) is 0 Å². The van der Waals surface area contributed by atoms with Gasteiger partial charge in [0.15, 0.2) is 0 Å². The summed E-state index contributed by atoms with van der Waals surface area (Å²) >= 11 is 0. The largest absolute Gasteiger partial charge is 0.0622 e. The number of aryl methyl sites for hydroxylation is 2. The Morgan fingerprint density at radius 2 is 1.14 bits per heavy atom. The molecule has 0 saturated heterocycles. The molecule has 1 aliphatic rings. The summed E-state index contributed by atoms with van der Waals surface area (Å²) in [5, 5.41) is 8.27. The van der Waals surface area contributed by atoms with Crippen LogP contribution in [-0.2, 0) is 12.8 Å². The smallest absolute Gasteiger partial charge is 0.00612 e. The molecule has 0 spiro atoms. The van der Waals surface area contributed by atoms with Gasteiger partial charge in [-0.1, -0.05) is 128 Å². The van der Waals surface area contributed by atoms with E-state index in [9.17, 15) is 0 Å². The first-order chi connectivity index (χ1) is 17.8. The third-order valence-corrected chi connectivity index (χ3v) is 7.83. The highest BCUT2D eigenvalue weighted by atomic mass is 14.2. The molecule has 0 aromatic heterocycles. The minimum Gasteiger partial charge on any atom is -0.0622 e. The number of benzene rings is 6. The van der Waals surface area contributed by atoms with Crippen LogP contribution in [0.1, 0.15) is 47.9 Å². The van der Waals surface area contributed by atoms with E-state index in [-0.39, 0.29) is 0 Å². The first-order valence-electron chi connectivity index (χ1n) is 13.2. The van der Waals surface area contributed by atoms with E-state index in [1.807, 2.05) is 0 Å². The molecule has 0 nitrogen and oxygen atoms in total. The van der Waals surface area contributed by atoms with Gasteiger partial charge >= 0.3 is 0 Å². The SMILES string of the molecule is CC(c1ccccc1)c1ccc2ccccc2c1.c1ccc2c(c1)ccc1c3c(ccc12)CCCC3. The molecule has 7 rings (SSSR count). The van der Waals surface area contributed by atoms with E-state index in [4.69, 9.17) is 0 Å². The molecule has 6 aromatic carbocycles. The Bertz CT molecular complexity index is 1640.